The van der Waals surface area contributed by atoms with Gasteiger partial charge in [0.1, 0.15) is 6.61 Å². The SMILES string of the molecule is CCC1=C(OCc2ccccc2)C(=O)C(C)C=N1. The summed E-state index contributed by atoms with van der Waals surface area (Å²) in [4.78, 5) is 16.3. The molecule has 1 aliphatic heterocycles. The molecule has 0 radical (unpaired) electrons. The van der Waals surface area contributed by atoms with Gasteiger partial charge in [0.15, 0.2) is 5.76 Å². The molecule has 3 nitrogen and oxygen atoms in total. The molecule has 3 heteroatoms. The van der Waals surface area contributed by atoms with E-state index in [0.29, 0.717) is 18.8 Å². The van der Waals surface area contributed by atoms with Crippen LogP contribution in [0.1, 0.15) is 25.8 Å². The maximum Gasteiger partial charge on any atom is 0.207 e. The molecule has 0 aromatic heterocycles. The summed E-state index contributed by atoms with van der Waals surface area (Å²) in [5.74, 6) is 0.264. The van der Waals surface area contributed by atoms with Crippen molar-refractivity contribution >= 4 is 12.0 Å². The van der Waals surface area contributed by atoms with Crippen LogP contribution >= 0.6 is 0 Å². The summed E-state index contributed by atoms with van der Waals surface area (Å²) in [6.45, 7) is 4.22. The summed E-state index contributed by atoms with van der Waals surface area (Å²) < 4.78 is 5.67. The summed E-state index contributed by atoms with van der Waals surface area (Å²) in [6, 6.07) is 9.82. The standard InChI is InChI=1S/C15H17NO2/c1-3-13-15(14(17)11(2)9-16-13)18-10-12-7-5-4-6-8-12/h4-9,11H,3,10H2,1-2H3. The highest BCUT2D eigenvalue weighted by molar-refractivity contribution is 6.06. The fourth-order valence-electron chi connectivity index (χ4n) is 1.81. The minimum Gasteiger partial charge on any atom is -0.483 e. The zero-order valence-corrected chi connectivity index (χ0v) is 10.7. The number of benzene rings is 1. The smallest absolute Gasteiger partial charge is 0.207 e. The monoisotopic (exact) mass is 243 g/mol. The highest BCUT2D eigenvalue weighted by Gasteiger charge is 2.24. The molecule has 0 aliphatic carbocycles. The van der Waals surface area contributed by atoms with Crippen molar-refractivity contribution in [2.45, 2.75) is 26.9 Å². The Bertz CT molecular complexity index is 488. The lowest BCUT2D eigenvalue weighted by atomic mass is 10.0. The molecule has 0 amide bonds. The number of carbonyl (C=O) groups excluding carboxylic acids is 1. The average Bonchev–Trinajstić information content (AvgIpc) is 2.41. The summed E-state index contributed by atoms with van der Waals surface area (Å²) >= 11 is 0. The van der Waals surface area contributed by atoms with Gasteiger partial charge in [0.05, 0.1) is 11.6 Å². The molecule has 2 rings (SSSR count). The van der Waals surface area contributed by atoms with Crippen molar-refractivity contribution in [2.75, 3.05) is 0 Å². The molecule has 0 spiro atoms. The number of Topliss-reactive ketones (excluding diaryl/α,β-unsaturated/α-hetero) is 1. The van der Waals surface area contributed by atoms with Crippen molar-refractivity contribution in [2.24, 2.45) is 10.9 Å². The maximum atomic E-state index is 12.0. The van der Waals surface area contributed by atoms with Crippen LogP contribution in [0.25, 0.3) is 0 Å². The average molecular weight is 243 g/mol. The van der Waals surface area contributed by atoms with Crippen LogP contribution < -0.4 is 0 Å². The lowest BCUT2D eigenvalue weighted by molar-refractivity contribution is -0.120. The van der Waals surface area contributed by atoms with E-state index in [9.17, 15) is 4.79 Å². The Balaban J connectivity index is 2.13. The normalized spacial score (nSPS) is 19.2. The number of rotatable bonds is 4. The summed E-state index contributed by atoms with van der Waals surface area (Å²) in [6.07, 6.45) is 2.40. The van der Waals surface area contributed by atoms with E-state index in [1.807, 2.05) is 44.2 Å². The van der Waals surface area contributed by atoms with Gasteiger partial charge >= 0.3 is 0 Å². The van der Waals surface area contributed by atoms with E-state index >= 15 is 0 Å². The predicted octanol–water partition coefficient (Wildman–Crippen LogP) is 3.11. The van der Waals surface area contributed by atoms with Crippen molar-refractivity contribution < 1.29 is 9.53 Å². The van der Waals surface area contributed by atoms with Gasteiger partial charge in [-0.1, -0.05) is 37.3 Å². The minimum atomic E-state index is -0.189. The molecule has 0 N–H and O–H groups in total. The molecule has 1 heterocycles. The molecule has 1 unspecified atom stereocenters. The third-order valence-corrected chi connectivity index (χ3v) is 2.91. The molecule has 0 saturated heterocycles. The quantitative estimate of drug-likeness (QED) is 0.815. The second-order valence-corrected chi connectivity index (χ2v) is 4.33. The van der Waals surface area contributed by atoms with Gasteiger partial charge in [-0.05, 0) is 18.9 Å². The van der Waals surface area contributed by atoms with Crippen molar-refractivity contribution in [1.82, 2.24) is 0 Å². The predicted molar refractivity (Wildman–Crippen MR) is 71.2 cm³/mol. The van der Waals surface area contributed by atoms with Gasteiger partial charge in [0.25, 0.3) is 0 Å². The molecule has 94 valence electrons. The molecule has 18 heavy (non-hydrogen) atoms. The molecule has 1 aromatic rings. The zero-order valence-electron chi connectivity index (χ0n) is 10.7. The van der Waals surface area contributed by atoms with Gasteiger partial charge in [-0.15, -0.1) is 0 Å². The fraction of sp³-hybridized carbons (Fsp3) is 0.333. The van der Waals surface area contributed by atoms with Crippen LogP contribution in [0.2, 0.25) is 0 Å². The van der Waals surface area contributed by atoms with Gasteiger partial charge in [0, 0.05) is 6.21 Å². The van der Waals surface area contributed by atoms with Crippen LogP contribution in [-0.2, 0) is 16.1 Å². The van der Waals surface area contributed by atoms with E-state index in [4.69, 9.17) is 4.74 Å². The zero-order chi connectivity index (χ0) is 13.0. The van der Waals surface area contributed by atoms with Gasteiger partial charge in [-0.3, -0.25) is 9.79 Å². The van der Waals surface area contributed by atoms with E-state index in [1.54, 1.807) is 6.21 Å². The molecular formula is C15H17NO2. The number of ether oxygens (including phenoxy) is 1. The Morgan fingerprint density at radius 1 is 1.28 bits per heavy atom. The maximum absolute atomic E-state index is 12.0. The molecule has 0 fully saturated rings. The first-order valence-electron chi connectivity index (χ1n) is 6.20. The summed E-state index contributed by atoms with van der Waals surface area (Å²) in [5, 5.41) is 0. The number of nitrogens with zero attached hydrogens (tertiary/aromatic N) is 1. The minimum absolute atomic E-state index is 0.0257. The van der Waals surface area contributed by atoms with Crippen LogP contribution in [0, 0.1) is 5.92 Å². The highest BCUT2D eigenvalue weighted by atomic mass is 16.5. The first kappa shape index (κ1) is 12.6. The summed E-state index contributed by atoms with van der Waals surface area (Å²) in [7, 11) is 0. The van der Waals surface area contributed by atoms with E-state index in [2.05, 4.69) is 4.99 Å². The van der Waals surface area contributed by atoms with Gasteiger partial charge in [0.2, 0.25) is 5.78 Å². The van der Waals surface area contributed by atoms with Crippen molar-refractivity contribution in [1.29, 1.82) is 0 Å². The number of carbonyl (C=O) groups is 1. The Labute approximate surface area is 107 Å². The van der Waals surface area contributed by atoms with Crippen LogP contribution in [0.15, 0.2) is 46.8 Å². The van der Waals surface area contributed by atoms with E-state index in [1.165, 1.54) is 0 Å². The molecule has 1 atom stereocenters. The second-order valence-electron chi connectivity index (χ2n) is 4.33. The van der Waals surface area contributed by atoms with E-state index < -0.39 is 0 Å². The van der Waals surface area contributed by atoms with Crippen molar-refractivity contribution in [3.8, 4) is 0 Å². The van der Waals surface area contributed by atoms with Crippen LogP contribution in [0.3, 0.4) is 0 Å². The van der Waals surface area contributed by atoms with Crippen LogP contribution in [0.4, 0.5) is 0 Å². The van der Waals surface area contributed by atoms with Crippen molar-refractivity contribution in [3.63, 3.8) is 0 Å². The molecule has 0 bridgehead atoms. The first-order valence-corrected chi connectivity index (χ1v) is 6.20. The lowest BCUT2D eigenvalue weighted by Crippen LogP contribution is -2.21. The van der Waals surface area contributed by atoms with E-state index in [-0.39, 0.29) is 11.7 Å². The summed E-state index contributed by atoms with van der Waals surface area (Å²) in [5.41, 5.74) is 1.80. The van der Waals surface area contributed by atoms with Crippen molar-refractivity contribution in [3.05, 3.63) is 47.4 Å². The van der Waals surface area contributed by atoms with Gasteiger partial charge in [-0.25, -0.2) is 0 Å². The Hall–Kier alpha value is -1.90. The van der Waals surface area contributed by atoms with E-state index in [0.717, 1.165) is 11.3 Å². The van der Waals surface area contributed by atoms with Gasteiger partial charge in [-0.2, -0.15) is 0 Å². The topological polar surface area (TPSA) is 38.7 Å². The fourth-order valence-corrected chi connectivity index (χ4v) is 1.81. The third-order valence-electron chi connectivity index (χ3n) is 2.91. The Morgan fingerprint density at radius 2 is 2.00 bits per heavy atom. The number of ketones is 1. The second kappa shape index (κ2) is 5.63. The lowest BCUT2D eigenvalue weighted by Gasteiger charge is -2.18. The molecule has 1 aliphatic rings. The Morgan fingerprint density at radius 3 is 2.67 bits per heavy atom. The van der Waals surface area contributed by atoms with Crippen LogP contribution in [-0.4, -0.2) is 12.0 Å². The number of allylic oxidation sites excluding steroid dienone is 2. The third kappa shape index (κ3) is 2.67. The highest BCUT2D eigenvalue weighted by Crippen LogP contribution is 2.22. The molecular weight excluding hydrogens is 226 g/mol. The van der Waals surface area contributed by atoms with Gasteiger partial charge < -0.3 is 4.74 Å². The number of aliphatic imine (C=N–C) groups is 1. The molecule has 1 aromatic carbocycles. The molecule has 0 saturated carbocycles. The Kier molecular flexibility index (Phi) is 3.92. The largest absolute Gasteiger partial charge is 0.483 e. The number of hydrogen-bond donors (Lipinski definition) is 0. The number of hydrogen-bond acceptors (Lipinski definition) is 3. The first-order chi connectivity index (χ1) is 8.72. The van der Waals surface area contributed by atoms with Crippen LogP contribution in [0.5, 0.6) is 0 Å².